The topological polar surface area (TPSA) is 74.7 Å². The van der Waals surface area contributed by atoms with Crippen LogP contribution in [0.5, 0.6) is 0 Å². The van der Waals surface area contributed by atoms with E-state index in [0.29, 0.717) is 17.3 Å². The summed E-state index contributed by atoms with van der Waals surface area (Å²) in [5.41, 5.74) is 0. The highest BCUT2D eigenvalue weighted by molar-refractivity contribution is 9.10. The molecule has 1 aliphatic heterocycles. The molecule has 2 unspecified atom stereocenters. The second-order valence-electron chi connectivity index (χ2n) is 5.03. The molecule has 1 aromatic rings. The Kier molecular flexibility index (Phi) is 4.58. The van der Waals surface area contributed by atoms with Crippen molar-refractivity contribution in [1.82, 2.24) is 4.31 Å². The van der Waals surface area contributed by atoms with Crippen molar-refractivity contribution < 1.29 is 18.3 Å². The van der Waals surface area contributed by atoms with Crippen LogP contribution in [-0.2, 0) is 14.8 Å². The smallest absolute Gasteiger partial charge is 0.307 e. The maximum absolute atomic E-state index is 12.7. The Morgan fingerprint density at radius 2 is 2.15 bits per heavy atom. The van der Waals surface area contributed by atoms with E-state index >= 15 is 0 Å². The van der Waals surface area contributed by atoms with Crippen molar-refractivity contribution in [3.8, 4) is 0 Å². The highest BCUT2D eigenvalue weighted by Crippen LogP contribution is 2.36. The summed E-state index contributed by atoms with van der Waals surface area (Å²) >= 11 is 4.47. The third kappa shape index (κ3) is 2.93. The normalized spacial score (nSPS) is 24.8. The maximum Gasteiger partial charge on any atom is 0.307 e. The van der Waals surface area contributed by atoms with E-state index in [1.54, 1.807) is 6.07 Å². The molecule has 0 bridgehead atoms. The molecule has 1 saturated heterocycles. The summed E-state index contributed by atoms with van der Waals surface area (Å²) in [6.07, 6.45) is 1.09. The standard InChI is InChI=1S/C12H16BrNO4S2/c1-7-3-4-9(11(15)16)6-14(7)20(17,18)12-10(13)5-8(2)19-12/h5,7,9H,3-4,6H2,1-2H3,(H,15,16). The predicted octanol–water partition coefficient (Wildman–Crippen LogP) is 2.69. The van der Waals surface area contributed by atoms with Crippen LogP contribution in [0.2, 0.25) is 0 Å². The number of halogens is 1. The van der Waals surface area contributed by atoms with Crippen molar-refractivity contribution in [3.63, 3.8) is 0 Å². The van der Waals surface area contributed by atoms with Gasteiger partial charge in [-0.05, 0) is 48.7 Å². The van der Waals surface area contributed by atoms with Crippen molar-refractivity contribution in [3.05, 3.63) is 15.4 Å². The molecule has 1 N–H and O–H groups in total. The summed E-state index contributed by atoms with van der Waals surface area (Å²) in [7, 11) is -3.65. The summed E-state index contributed by atoms with van der Waals surface area (Å²) < 4.78 is 27.6. The van der Waals surface area contributed by atoms with E-state index < -0.39 is 21.9 Å². The van der Waals surface area contributed by atoms with E-state index in [2.05, 4.69) is 15.9 Å². The second kappa shape index (κ2) is 5.75. The number of rotatable bonds is 3. The van der Waals surface area contributed by atoms with E-state index in [4.69, 9.17) is 5.11 Å². The quantitative estimate of drug-likeness (QED) is 0.872. The lowest BCUT2D eigenvalue weighted by Crippen LogP contribution is -2.47. The van der Waals surface area contributed by atoms with Gasteiger partial charge in [-0.2, -0.15) is 4.31 Å². The molecule has 112 valence electrons. The van der Waals surface area contributed by atoms with Gasteiger partial charge >= 0.3 is 5.97 Å². The molecule has 1 fully saturated rings. The molecule has 0 aromatic carbocycles. The fraction of sp³-hybridized carbons (Fsp3) is 0.583. The number of aliphatic carboxylic acids is 1. The molecule has 0 saturated carbocycles. The summed E-state index contributed by atoms with van der Waals surface area (Å²) in [5, 5.41) is 9.11. The Morgan fingerprint density at radius 3 is 2.65 bits per heavy atom. The molecule has 2 atom stereocenters. The van der Waals surface area contributed by atoms with E-state index in [0.717, 1.165) is 4.88 Å². The number of nitrogens with zero attached hydrogens (tertiary/aromatic N) is 1. The third-order valence-corrected chi connectivity index (χ3v) is 8.19. The molecular formula is C12H16BrNO4S2. The summed E-state index contributed by atoms with van der Waals surface area (Å²) in [6.45, 7) is 3.71. The molecule has 20 heavy (non-hydrogen) atoms. The van der Waals surface area contributed by atoms with Gasteiger partial charge in [-0.15, -0.1) is 11.3 Å². The van der Waals surface area contributed by atoms with Crippen molar-refractivity contribution >= 4 is 43.3 Å². The highest BCUT2D eigenvalue weighted by atomic mass is 79.9. The first-order chi connectivity index (χ1) is 9.23. The number of carboxylic acid groups (broad SMARTS) is 1. The molecule has 5 nitrogen and oxygen atoms in total. The zero-order chi connectivity index (χ0) is 15.1. The molecule has 2 heterocycles. The minimum absolute atomic E-state index is 0.0439. The van der Waals surface area contributed by atoms with Crippen LogP contribution in [0.3, 0.4) is 0 Å². The van der Waals surface area contributed by atoms with Crippen molar-refractivity contribution in [1.29, 1.82) is 0 Å². The van der Waals surface area contributed by atoms with Crippen LogP contribution in [0.1, 0.15) is 24.6 Å². The summed E-state index contributed by atoms with van der Waals surface area (Å²) in [4.78, 5) is 12.0. The lowest BCUT2D eigenvalue weighted by atomic mass is 9.96. The van der Waals surface area contributed by atoms with Crippen LogP contribution in [-0.4, -0.2) is 36.4 Å². The van der Waals surface area contributed by atoms with Gasteiger partial charge in [0, 0.05) is 21.9 Å². The number of piperidine rings is 1. The van der Waals surface area contributed by atoms with Gasteiger partial charge in [0.05, 0.1) is 5.92 Å². The lowest BCUT2D eigenvalue weighted by Gasteiger charge is -2.35. The molecule has 0 aliphatic carbocycles. The number of sulfonamides is 1. The monoisotopic (exact) mass is 381 g/mol. The van der Waals surface area contributed by atoms with Gasteiger partial charge in [0.25, 0.3) is 10.0 Å². The number of hydrogen-bond donors (Lipinski definition) is 1. The van der Waals surface area contributed by atoms with Gasteiger partial charge in [-0.3, -0.25) is 4.79 Å². The Bertz CT molecular complexity index is 625. The Morgan fingerprint density at radius 1 is 1.50 bits per heavy atom. The molecular weight excluding hydrogens is 366 g/mol. The van der Waals surface area contributed by atoms with E-state index in [-0.39, 0.29) is 16.8 Å². The zero-order valence-electron chi connectivity index (χ0n) is 11.2. The van der Waals surface area contributed by atoms with Crippen LogP contribution in [0, 0.1) is 12.8 Å². The van der Waals surface area contributed by atoms with E-state index in [1.807, 2.05) is 13.8 Å². The predicted molar refractivity (Wildman–Crippen MR) is 80.5 cm³/mol. The van der Waals surface area contributed by atoms with Gasteiger partial charge in [0.2, 0.25) is 0 Å². The fourth-order valence-electron chi connectivity index (χ4n) is 2.36. The zero-order valence-corrected chi connectivity index (χ0v) is 14.4. The number of carbonyl (C=O) groups is 1. The van der Waals surface area contributed by atoms with Gasteiger partial charge in [0.15, 0.2) is 0 Å². The minimum atomic E-state index is -3.65. The van der Waals surface area contributed by atoms with Gasteiger partial charge in [0.1, 0.15) is 4.21 Å². The first-order valence-corrected chi connectivity index (χ1v) is 9.29. The largest absolute Gasteiger partial charge is 0.481 e. The SMILES string of the molecule is Cc1cc(Br)c(S(=O)(=O)N2CC(C(=O)O)CCC2C)s1. The second-order valence-corrected chi connectivity index (χ2v) is 9.23. The number of thiophene rings is 1. The van der Waals surface area contributed by atoms with Crippen LogP contribution < -0.4 is 0 Å². The molecule has 0 amide bonds. The molecule has 1 aromatic heterocycles. The first kappa shape index (κ1) is 15.9. The van der Waals surface area contributed by atoms with Crippen molar-refractivity contribution in [2.75, 3.05) is 6.54 Å². The number of aryl methyl sites for hydroxylation is 1. The van der Waals surface area contributed by atoms with E-state index in [9.17, 15) is 13.2 Å². The van der Waals surface area contributed by atoms with Crippen LogP contribution in [0.25, 0.3) is 0 Å². The molecule has 1 aliphatic rings. The van der Waals surface area contributed by atoms with Gasteiger partial charge in [-0.1, -0.05) is 0 Å². The number of carboxylic acids is 1. The third-order valence-electron chi connectivity index (χ3n) is 3.50. The fourth-order valence-corrected chi connectivity index (χ4v) is 6.91. The van der Waals surface area contributed by atoms with Gasteiger partial charge < -0.3 is 5.11 Å². The van der Waals surface area contributed by atoms with E-state index in [1.165, 1.54) is 15.6 Å². The minimum Gasteiger partial charge on any atom is -0.481 e. The first-order valence-electron chi connectivity index (χ1n) is 6.24. The Balaban J connectivity index is 2.37. The lowest BCUT2D eigenvalue weighted by molar-refractivity contribution is -0.143. The summed E-state index contributed by atoms with van der Waals surface area (Å²) in [6, 6.07) is 1.59. The van der Waals surface area contributed by atoms with Gasteiger partial charge in [-0.25, -0.2) is 8.42 Å². The van der Waals surface area contributed by atoms with Crippen molar-refractivity contribution in [2.24, 2.45) is 5.92 Å². The molecule has 0 radical (unpaired) electrons. The van der Waals surface area contributed by atoms with Crippen LogP contribution in [0.4, 0.5) is 0 Å². The Labute approximate surface area is 130 Å². The Hall–Kier alpha value is -0.440. The van der Waals surface area contributed by atoms with Crippen LogP contribution >= 0.6 is 27.3 Å². The molecule has 2 rings (SSSR count). The average Bonchev–Trinajstić information content (AvgIpc) is 2.69. The summed E-state index contributed by atoms with van der Waals surface area (Å²) in [5.74, 6) is -1.56. The average molecular weight is 382 g/mol. The highest BCUT2D eigenvalue weighted by Gasteiger charge is 2.38. The molecule has 0 spiro atoms. The van der Waals surface area contributed by atoms with Crippen LogP contribution in [0.15, 0.2) is 14.7 Å². The molecule has 8 heteroatoms. The van der Waals surface area contributed by atoms with Crippen molar-refractivity contribution in [2.45, 2.75) is 36.9 Å². The maximum atomic E-state index is 12.7. The number of hydrogen-bond acceptors (Lipinski definition) is 4.